The second-order valence-corrected chi connectivity index (χ2v) is 8.50. The first kappa shape index (κ1) is 23.4. The van der Waals surface area contributed by atoms with Gasteiger partial charge in [0.15, 0.2) is 5.60 Å². The molecule has 31 heavy (non-hydrogen) atoms. The normalized spacial score (nSPS) is 20.2. The molecule has 0 saturated heterocycles. The van der Waals surface area contributed by atoms with Crippen LogP contribution in [0.1, 0.15) is 56.8 Å². The Morgan fingerprint density at radius 3 is 2.77 bits per heavy atom. The Kier molecular flexibility index (Phi) is 7.46. The van der Waals surface area contributed by atoms with Gasteiger partial charge in [0.1, 0.15) is 12.4 Å². The fourth-order valence-electron chi connectivity index (χ4n) is 4.51. The van der Waals surface area contributed by atoms with Crippen molar-refractivity contribution in [3.8, 4) is 0 Å². The van der Waals surface area contributed by atoms with E-state index in [1.54, 1.807) is 30.3 Å². The Bertz CT molecular complexity index is 869. The number of carbonyl (C=O) groups is 1. The minimum absolute atomic E-state index is 0.114. The molecule has 170 valence electrons. The lowest BCUT2D eigenvalue weighted by molar-refractivity contribution is -0.702. The number of hydrogen-bond donors (Lipinski definition) is 1. The number of nitrogens with zero attached hydrogens (tertiary/aromatic N) is 2. The molecule has 0 spiro atoms. The van der Waals surface area contributed by atoms with Crippen molar-refractivity contribution >= 4 is 5.97 Å². The summed E-state index contributed by atoms with van der Waals surface area (Å²) in [6.07, 6.45) is 5.54. The fraction of sp³-hybridized carbons (Fsp3) is 0.583. The van der Waals surface area contributed by atoms with E-state index in [1.807, 2.05) is 19.3 Å². The number of carbonyl (C=O) groups excluding carboxylic acids is 1. The van der Waals surface area contributed by atoms with Crippen molar-refractivity contribution in [2.24, 2.45) is 5.92 Å². The zero-order valence-corrected chi connectivity index (χ0v) is 18.4. The van der Waals surface area contributed by atoms with Crippen LogP contribution in [0.4, 0.5) is 8.78 Å². The van der Waals surface area contributed by atoms with E-state index in [4.69, 9.17) is 4.74 Å². The van der Waals surface area contributed by atoms with E-state index in [9.17, 15) is 18.7 Å². The second-order valence-electron chi connectivity index (χ2n) is 8.50. The molecule has 1 aromatic heterocycles. The van der Waals surface area contributed by atoms with Gasteiger partial charge in [-0.05, 0) is 24.8 Å². The predicted molar refractivity (Wildman–Crippen MR) is 112 cm³/mol. The van der Waals surface area contributed by atoms with E-state index >= 15 is 0 Å². The number of alkyl halides is 2. The van der Waals surface area contributed by atoms with Crippen LogP contribution in [-0.2, 0) is 28.2 Å². The fourth-order valence-corrected chi connectivity index (χ4v) is 4.51. The highest BCUT2D eigenvalue weighted by Crippen LogP contribution is 2.45. The van der Waals surface area contributed by atoms with Gasteiger partial charge in [-0.15, -0.1) is 0 Å². The topological polar surface area (TPSA) is 55.3 Å². The average molecular weight is 436 g/mol. The molecule has 1 aromatic carbocycles. The summed E-state index contributed by atoms with van der Waals surface area (Å²) < 4.78 is 37.9. The molecule has 1 heterocycles. The lowest BCUT2D eigenvalue weighted by atomic mass is 9.72. The van der Waals surface area contributed by atoms with Crippen molar-refractivity contribution in [2.45, 2.75) is 77.0 Å². The van der Waals surface area contributed by atoms with Gasteiger partial charge in [-0.25, -0.2) is 22.7 Å². The Balaban J connectivity index is 1.67. The van der Waals surface area contributed by atoms with Gasteiger partial charge in [-0.1, -0.05) is 37.3 Å². The summed E-state index contributed by atoms with van der Waals surface area (Å²) in [7, 11) is 0. The SMILES string of the molecule is CCC[n+]1ccn(CCCOC(=O)[C@](O)(c2ccccc2)[C@H]2CCCC(F)(F)C2)c1C. The first-order valence-electron chi connectivity index (χ1n) is 11.2. The van der Waals surface area contributed by atoms with Gasteiger partial charge in [0.25, 0.3) is 5.82 Å². The van der Waals surface area contributed by atoms with Crippen LogP contribution >= 0.6 is 0 Å². The van der Waals surface area contributed by atoms with Crippen LogP contribution in [0, 0.1) is 12.8 Å². The first-order valence-corrected chi connectivity index (χ1v) is 11.2. The molecule has 1 aliphatic carbocycles. The number of hydrogen-bond acceptors (Lipinski definition) is 3. The molecule has 1 aliphatic rings. The highest BCUT2D eigenvalue weighted by molar-refractivity contribution is 5.81. The maximum atomic E-state index is 14.1. The second kappa shape index (κ2) is 9.90. The molecule has 2 aromatic rings. The van der Waals surface area contributed by atoms with Gasteiger partial charge in [0, 0.05) is 32.1 Å². The molecule has 0 amide bonds. The molecule has 1 N–H and O–H groups in total. The number of aryl methyl sites for hydroxylation is 2. The Labute approximate surface area is 182 Å². The molecular formula is C24H33F2N2O3+. The van der Waals surface area contributed by atoms with E-state index in [0.29, 0.717) is 24.9 Å². The molecule has 5 nitrogen and oxygen atoms in total. The van der Waals surface area contributed by atoms with Crippen molar-refractivity contribution in [1.82, 2.24) is 4.57 Å². The minimum Gasteiger partial charge on any atom is -0.463 e. The third-order valence-corrected chi connectivity index (χ3v) is 6.25. The van der Waals surface area contributed by atoms with Gasteiger partial charge in [0.05, 0.1) is 19.7 Å². The van der Waals surface area contributed by atoms with E-state index in [0.717, 1.165) is 18.8 Å². The maximum Gasteiger partial charge on any atom is 0.343 e. The Hall–Kier alpha value is -2.28. The predicted octanol–water partition coefficient (Wildman–Crippen LogP) is 4.14. The van der Waals surface area contributed by atoms with Gasteiger partial charge in [0.2, 0.25) is 5.92 Å². The lowest BCUT2D eigenvalue weighted by Crippen LogP contribution is -2.48. The van der Waals surface area contributed by atoms with Gasteiger partial charge >= 0.3 is 5.97 Å². The number of esters is 1. The highest BCUT2D eigenvalue weighted by Gasteiger charge is 2.52. The van der Waals surface area contributed by atoms with E-state index in [2.05, 4.69) is 16.1 Å². The van der Waals surface area contributed by atoms with Crippen LogP contribution in [0.15, 0.2) is 42.7 Å². The minimum atomic E-state index is -2.88. The summed E-state index contributed by atoms with van der Waals surface area (Å²) in [5.74, 6) is -3.48. The summed E-state index contributed by atoms with van der Waals surface area (Å²) in [4.78, 5) is 13.0. The summed E-state index contributed by atoms with van der Waals surface area (Å²) >= 11 is 0. The number of aliphatic hydroxyl groups is 1. The van der Waals surface area contributed by atoms with Crippen molar-refractivity contribution in [1.29, 1.82) is 0 Å². The van der Waals surface area contributed by atoms with Gasteiger partial charge in [-0.3, -0.25) is 0 Å². The Morgan fingerprint density at radius 1 is 1.35 bits per heavy atom. The summed E-state index contributed by atoms with van der Waals surface area (Å²) in [5, 5.41) is 11.4. The van der Waals surface area contributed by atoms with Crippen molar-refractivity contribution in [2.75, 3.05) is 6.61 Å². The number of rotatable bonds is 9. The van der Waals surface area contributed by atoms with Crippen LogP contribution < -0.4 is 4.57 Å². The number of halogens is 2. The molecule has 0 radical (unpaired) electrons. The monoisotopic (exact) mass is 435 g/mol. The van der Waals surface area contributed by atoms with Crippen LogP contribution in [-0.4, -0.2) is 28.2 Å². The maximum absolute atomic E-state index is 14.1. The van der Waals surface area contributed by atoms with Gasteiger partial charge < -0.3 is 9.84 Å². The first-order chi connectivity index (χ1) is 14.8. The molecule has 2 atom stereocenters. The van der Waals surface area contributed by atoms with Crippen molar-refractivity contribution in [3.63, 3.8) is 0 Å². The van der Waals surface area contributed by atoms with E-state index < -0.39 is 29.8 Å². The van der Waals surface area contributed by atoms with Crippen LogP contribution in [0.2, 0.25) is 0 Å². The standard InChI is InChI=1S/C24H33F2N2O3/c1-3-13-27-15-16-28(19(27)2)14-8-17-31-22(29)24(30,20-9-5-4-6-10-20)21-11-7-12-23(25,26)18-21/h4-6,9-10,15-16,21,30H,3,7-8,11-14,17-18H2,1-2H3/q+1/t21-,24-/m0/s1. The lowest BCUT2D eigenvalue weighted by Gasteiger charge is -2.39. The molecule has 1 fully saturated rings. The van der Waals surface area contributed by atoms with Crippen LogP contribution in [0.5, 0.6) is 0 Å². The summed E-state index contributed by atoms with van der Waals surface area (Å²) in [6, 6.07) is 8.34. The average Bonchev–Trinajstić information content (AvgIpc) is 3.10. The van der Waals surface area contributed by atoms with E-state index in [-0.39, 0.29) is 19.4 Å². The molecule has 0 bridgehead atoms. The molecule has 7 heteroatoms. The zero-order valence-electron chi connectivity index (χ0n) is 18.4. The number of aromatic nitrogens is 2. The third kappa shape index (κ3) is 5.32. The molecule has 0 unspecified atom stereocenters. The Morgan fingerprint density at radius 2 is 2.10 bits per heavy atom. The van der Waals surface area contributed by atoms with E-state index in [1.165, 1.54) is 0 Å². The summed E-state index contributed by atoms with van der Waals surface area (Å²) in [6.45, 7) is 5.89. The smallest absolute Gasteiger partial charge is 0.343 e. The largest absolute Gasteiger partial charge is 0.463 e. The highest BCUT2D eigenvalue weighted by atomic mass is 19.3. The number of benzene rings is 1. The molecule has 3 rings (SSSR count). The number of ether oxygens (including phenoxy) is 1. The number of imidazole rings is 1. The van der Waals surface area contributed by atoms with Crippen LogP contribution in [0.3, 0.4) is 0 Å². The van der Waals surface area contributed by atoms with Gasteiger partial charge in [-0.2, -0.15) is 0 Å². The van der Waals surface area contributed by atoms with Crippen LogP contribution in [0.25, 0.3) is 0 Å². The molecular weight excluding hydrogens is 402 g/mol. The molecule has 0 aliphatic heterocycles. The third-order valence-electron chi connectivity index (χ3n) is 6.25. The quantitative estimate of drug-likeness (QED) is 0.366. The molecule has 1 saturated carbocycles. The summed E-state index contributed by atoms with van der Waals surface area (Å²) in [5.41, 5.74) is -1.76. The van der Waals surface area contributed by atoms with Crippen molar-refractivity contribution in [3.05, 3.63) is 54.1 Å². The van der Waals surface area contributed by atoms with Crippen molar-refractivity contribution < 1.29 is 28.0 Å². The zero-order chi connectivity index (χ0) is 22.5.